The minimum atomic E-state index is 0.262. The third-order valence-electron chi connectivity index (χ3n) is 3.03. The first kappa shape index (κ1) is 12.5. The monoisotopic (exact) mass is 212 g/mol. The SMILES string of the molecule is CC(C)NCC(=O)N1CCCCCC1C. The van der Waals surface area contributed by atoms with Crippen LogP contribution in [0.4, 0.5) is 0 Å². The summed E-state index contributed by atoms with van der Waals surface area (Å²) in [5, 5.41) is 3.19. The van der Waals surface area contributed by atoms with Crippen molar-refractivity contribution in [1.29, 1.82) is 0 Å². The van der Waals surface area contributed by atoms with Gasteiger partial charge in [0.1, 0.15) is 0 Å². The zero-order valence-electron chi connectivity index (χ0n) is 10.3. The predicted octanol–water partition coefficient (Wildman–Crippen LogP) is 1.78. The zero-order chi connectivity index (χ0) is 11.3. The van der Waals surface area contributed by atoms with E-state index < -0.39 is 0 Å². The second kappa shape index (κ2) is 6.11. The van der Waals surface area contributed by atoms with Crippen LogP contribution in [0.15, 0.2) is 0 Å². The Morgan fingerprint density at radius 2 is 2.13 bits per heavy atom. The average molecular weight is 212 g/mol. The molecule has 0 aromatic rings. The van der Waals surface area contributed by atoms with Gasteiger partial charge in [-0.2, -0.15) is 0 Å². The number of carbonyl (C=O) groups excluding carboxylic acids is 1. The summed E-state index contributed by atoms with van der Waals surface area (Å²) in [6.07, 6.45) is 4.86. The summed E-state index contributed by atoms with van der Waals surface area (Å²) in [7, 11) is 0. The molecular formula is C12H24N2O. The van der Waals surface area contributed by atoms with Crippen LogP contribution in [0.25, 0.3) is 0 Å². The molecule has 0 aliphatic carbocycles. The van der Waals surface area contributed by atoms with Gasteiger partial charge in [0, 0.05) is 18.6 Å². The second-order valence-electron chi connectivity index (χ2n) is 4.82. The van der Waals surface area contributed by atoms with Gasteiger partial charge in [-0.3, -0.25) is 4.79 Å². The maximum Gasteiger partial charge on any atom is 0.236 e. The highest BCUT2D eigenvalue weighted by atomic mass is 16.2. The molecule has 0 spiro atoms. The van der Waals surface area contributed by atoms with Gasteiger partial charge in [0.2, 0.25) is 5.91 Å². The van der Waals surface area contributed by atoms with E-state index in [0.717, 1.165) is 19.4 Å². The summed E-state index contributed by atoms with van der Waals surface area (Å²) < 4.78 is 0. The molecule has 1 rings (SSSR count). The van der Waals surface area contributed by atoms with Crippen LogP contribution in [0.3, 0.4) is 0 Å². The van der Waals surface area contributed by atoms with Crippen LogP contribution in [-0.2, 0) is 4.79 Å². The molecule has 1 unspecified atom stereocenters. The Morgan fingerprint density at radius 1 is 1.40 bits per heavy atom. The predicted molar refractivity (Wildman–Crippen MR) is 62.8 cm³/mol. The van der Waals surface area contributed by atoms with Crippen molar-refractivity contribution >= 4 is 5.91 Å². The third kappa shape index (κ3) is 4.20. The van der Waals surface area contributed by atoms with Crippen molar-refractivity contribution in [1.82, 2.24) is 10.2 Å². The number of rotatable bonds is 3. The Kier molecular flexibility index (Phi) is 5.09. The first-order valence-electron chi connectivity index (χ1n) is 6.14. The number of nitrogens with zero attached hydrogens (tertiary/aromatic N) is 1. The fourth-order valence-electron chi connectivity index (χ4n) is 2.04. The van der Waals surface area contributed by atoms with Crippen molar-refractivity contribution < 1.29 is 4.79 Å². The van der Waals surface area contributed by atoms with Gasteiger partial charge in [-0.1, -0.05) is 26.7 Å². The largest absolute Gasteiger partial charge is 0.339 e. The molecular weight excluding hydrogens is 188 g/mol. The lowest BCUT2D eigenvalue weighted by Gasteiger charge is -2.27. The van der Waals surface area contributed by atoms with E-state index in [2.05, 4.69) is 26.1 Å². The highest BCUT2D eigenvalue weighted by molar-refractivity contribution is 5.78. The average Bonchev–Trinajstić information content (AvgIpc) is 2.39. The first-order valence-corrected chi connectivity index (χ1v) is 6.14. The molecule has 0 aromatic carbocycles. The van der Waals surface area contributed by atoms with E-state index in [1.807, 2.05) is 4.90 Å². The molecule has 0 bridgehead atoms. The lowest BCUT2D eigenvalue weighted by atomic mass is 10.1. The van der Waals surface area contributed by atoms with Crippen molar-refractivity contribution in [2.24, 2.45) is 0 Å². The lowest BCUT2D eigenvalue weighted by Crippen LogP contribution is -2.44. The minimum absolute atomic E-state index is 0.262. The summed E-state index contributed by atoms with van der Waals surface area (Å²) in [6, 6.07) is 0.810. The van der Waals surface area contributed by atoms with E-state index in [1.54, 1.807) is 0 Å². The molecule has 1 amide bonds. The number of carbonyl (C=O) groups is 1. The van der Waals surface area contributed by atoms with Crippen LogP contribution in [0, 0.1) is 0 Å². The number of hydrogen-bond acceptors (Lipinski definition) is 2. The van der Waals surface area contributed by atoms with E-state index in [9.17, 15) is 4.79 Å². The van der Waals surface area contributed by atoms with Crippen molar-refractivity contribution in [3.05, 3.63) is 0 Å². The summed E-state index contributed by atoms with van der Waals surface area (Å²) in [5.74, 6) is 0.262. The van der Waals surface area contributed by atoms with E-state index in [4.69, 9.17) is 0 Å². The molecule has 0 aromatic heterocycles. The molecule has 0 saturated carbocycles. The molecule has 3 heteroatoms. The summed E-state index contributed by atoms with van der Waals surface area (Å²) in [5.41, 5.74) is 0. The number of amides is 1. The Morgan fingerprint density at radius 3 is 2.80 bits per heavy atom. The number of hydrogen-bond donors (Lipinski definition) is 1. The quantitative estimate of drug-likeness (QED) is 0.773. The smallest absolute Gasteiger partial charge is 0.236 e. The molecule has 1 saturated heterocycles. The van der Waals surface area contributed by atoms with Gasteiger partial charge in [0.25, 0.3) is 0 Å². The Labute approximate surface area is 93.2 Å². The van der Waals surface area contributed by atoms with Crippen molar-refractivity contribution in [2.75, 3.05) is 13.1 Å². The molecule has 1 atom stereocenters. The van der Waals surface area contributed by atoms with Crippen LogP contribution < -0.4 is 5.32 Å². The van der Waals surface area contributed by atoms with Crippen LogP contribution in [0.5, 0.6) is 0 Å². The Balaban J connectivity index is 2.41. The standard InChI is InChI=1S/C12H24N2O/c1-10(2)13-9-12(15)14-8-6-4-5-7-11(14)3/h10-11,13H,4-9H2,1-3H3. The van der Waals surface area contributed by atoms with Crippen molar-refractivity contribution in [2.45, 2.75) is 58.5 Å². The molecule has 1 aliphatic rings. The minimum Gasteiger partial charge on any atom is -0.339 e. The van der Waals surface area contributed by atoms with E-state index in [1.165, 1.54) is 12.8 Å². The third-order valence-corrected chi connectivity index (χ3v) is 3.03. The second-order valence-corrected chi connectivity index (χ2v) is 4.82. The van der Waals surface area contributed by atoms with Crippen LogP contribution in [0.2, 0.25) is 0 Å². The maximum absolute atomic E-state index is 11.9. The van der Waals surface area contributed by atoms with Gasteiger partial charge in [-0.25, -0.2) is 0 Å². The normalized spacial score (nSPS) is 22.9. The molecule has 1 fully saturated rings. The van der Waals surface area contributed by atoms with Gasteiger partial charge < -0.3 is 10.2 Å². The Bertz CT molecular complexity index is 204. The van der Waals surface area contributed by atoms with Crippen molar-refractivity contribution in [3.8, 4) is 0 Å². The summed E-state index contributed by atoms with van der Waals surface area (Å²) >= 11 is 0. The fraction of sp³-hybridized carbons (Fsp3) is 0.917. The molecule has 3 nitrogen and oxygen atoms in total. The molecule has 1 heterocycles. The van der Waals surface area contributed by atoms with Gasteiger partial charge >= 0.3 is 0 Å². The van der Waals surface area contributed by atoms with E-state index in [-0.39, 0.29) is 5.91 Å². The topological polar surface area (TPSA) is 32.3 Å². The number of likely N-dealkylation sites (tertiary alicyclic amines) is 1. The zero-order valence-corrected chi connectivity index (χ0v) is 10.3. The molecule has 0 radical (unpaired) electrons. The fourth-order valence-corrected chi connectivity index (χ4v) is 2.04. The van der Waals surface area contributed by atoms with Crippen LogP contribution in [-0.4, -0.2) is 36.0 Å². The molecule has 88 valence electrons. The van der Waals surface area contributed by atoms with Gasteiger partial charge in [0.15, 0.2) is 0 Å². The molecule has 1 aliphatic heterocycles. The van der Waals surface area contributed by atoms with E-state index in [0.29, 0.717) is 18.6 Å². The van der Waals surface area contributed by atoms with Crippen LogP contribution >= 0.6 is 0 Å². The van der Waals surface area contributed by atoms with Gasteiger partial charge in [0.05, 0.1) is 6.54 Å². The maximum atomic E-state index is 11.9. The van der Waals surface area contributed by atoms with E-state index >= 15 is 0 Å². The first-order chi connectivity index (χ1) is 7.11. The molecule has 1 N–H and O–H groups in total. The summed E-state index contributed by atoms with van der Waals surface area (Å²) in [4.78, 5) is 14.0. The lowest BCUT2D eigenvalue weighted by molar-refractivity contribution is -0.132. The highest BCUT2D eigenvalue weighted by Gasteiger charge is 2.21. The molecule has 15 heavy (non-hydrogen) atoms. The van der Waals surface area contributed by atoms with Crippen molar-refractivity contribution in [3.63, 3.8) is 0 Å². The Hall–Kier alpha value is -0.570. The van der Waals surface area contributed by atoms with Gasteiger partial charge in [-0.05, 0) is 19.8 Å². The number of nitrogens with one attached hydrogen (secondary N) is 1. The summed E-state index contributed by atoms with van der Waals surface area (Å²) in [6.45, 7) is 7.73. The highest BCUT2D eigenvalue weighted by Crippen LogP contribution is 2.16. The van der Waals surface area contributed by atoms with Crippen LogP contribution in [0.1, 0.15) is 46.5 Å². The van der Waals surface area contributed by atoms with Gasteiger partial charge in [-0.15, -0.1) is 0 Å².